The molecule has 5 nitrogen and oxygen atoms in total. The molecule has 0 unspecified atom stereocenters. The zero-order chi connectivity index (χ0) is 15.1. The fraction of sp³-hybridized carbons (Fsp3) is 0. The maximum atomic E-state index is 11.1. The maximum absolute atomic E-state index is 11.1. The molecule has 0 bridgehead atoms. The number of carbonyl (C=O) groups is 1. The predicted octanol–water partition coefficient (Wildman–Crippen LogP) is 4.05. The molecular formula is C13H6Cl3N3O2. The number of pyridine rings is 1. The van der Waals surface area contributed by atoms with Gasteiger partial charge in [-0.1, -0.05) is 40.9 Å². The Hall–Kier alpha value is -1.82. The number of fused-ring (bicyclic) bond motifs is 1. The number of hydrogen-bond acceptors (Lipinski definition) is 3. The number of carboxylic acids is 1. The lowest BCUT2D eigenvalue weighted by Gasteiger charge is -2.06. The third kappa shape index (κ3) is 2.33. The van der Waals surface area contributed by atoms with E-state index in [0.29, 0.717) is 27.1 Å². The molecule has 1 aromatic carbocycles. The van der Waals surface area contributed by atoms with E-state index in [1.807, 2.05) is 0 Å². The van der Waals surface area contributed by atoms with Crippen LogP contribution in [0.4, 0.5) is 0 Å². The summed E-state index contributed by atoms with van der Waals surface area (Å²) in [5.41, 5.74) is 0.802. The van der Waals surface area contributed by atoms with E-state index >= 15 is 0 Å². The first-order valence-electron chi connectivity index (χ1n) is 5.71. The summed E-state index contributed by atoms with van der Waals surface area (Å²) in [5.74, 6) is -0.783. The monoisotopic (exact) mass is 341 g/mol. The van der Waals surface area contributed by atoms with Gasteiger partial charge in [-0.3, -0.25) is 4.40 Å². The SMILES string of the molecule is O=C(O)c1cc(Cl)c2nnc(-c3c(Cl)cccc3Cl)n2c1. The zero-order valence-electron chi connectivity index (χ0n) is 10.2. The van der Waals surface area contributed by atoms with Crippen molar-refractivity contribution >= 4 is 46.4 Å². The predicted molar refractivity (Wildman–Crippen MR) is 80.4 cm³/mol. The van der Waals surface area contributed by atoms with Gasteiger partial charge in [0.25, 0.3) is 0 Å². The van der Waals surface area contributed by atoms with Crippen molar-refractivity contribution in [3.8, 4) is 11.4 Å². The van der Waals surface area contributed by atoms with Gasteiger partial charge in [0.2, 0.25) is 0 Å². The molecular weight excluding hydrogens is 337 g/mol. The first-order chi connectivity index (χ1) is 9.99. The van der Waals surface area contributed by atoms with E-state index in [1.54, 1.807) is 18.2 Å². The second-order valence-electron chi connectivity index (χ2n) is 4.20. The van der Waals surface area contributed by atoms with Gasteiger partial charge in [0.1, 0.15) is 0 Å². The van der Waals surface area contributed by atoms with Crippen molar-refractivity contribution in [2.75, 3.05) is 0 Å². The number of aromatic carboxylic acids is 1. The Morgan fingerprint density at radius 3 is 2.38 bits per heavy atom. The Labute approximate surface area is 133 Å². The third-order valence-corrected chi connectivity index (χ3v) is 3.80. The highest BCUT2D eigenvalue weighted by molar-refractivity contribution is 6.39. The molecule has 0 fully saturated rings. The molecule has 8 heteroatoms. The summed E-state index contributed by atoms with van der Waals surface area (Å²) in [5, 5.41) is 18.0. The van der Waals surface area contributed by atoms with Crippen LogP contribution in [-0.4, -0.2) is 25.7 Å². The van der Waals surface area contributed by atoms with Gasteiger partial charge >= 0.3 is 5.97 Å². The molecule has 106 valence electrons. The largest absolute Gasteiger partial charge is 0.478 e. The number of hydrogen-bond donors (Lipinski definition) is 1. The van der Waals surface area contributed by atoms with Gasteiger partial charge in [-0.15, -0.1) is 10.2 Å². The van der Waals surface area contributed by atoms with Crippen molar-refractivity contribution in [2.45, 2.75) is 0 Å². The fourth-order valence-corrected chi connectivity index (χ4v) is 2.77. The highest BCUT2D eigenvalue weighted by Gasteiger charge is 2.18. The van der Waals surface area contributed by atoms with E-state index in [2.05, 4.69) is 10.2 Å². The third-order valence-electron chi connectivity index (χ3n) is 2.89. The number of halogens is 3. The van der Waals surface area contributed by atoms with Crippen molar-refractivity contribution in [2.24, 2.45) is 0 Å². The topological polar surface area (TPSA) is 67.5 Å². The van der Waals surface area contributed by atoms with Gasteiger partial charge in [0.15, 0.2) is 11.5 Å². The summed E-state index contributed by atoms with van der Waals surface area (Å²) in [7, 11) is 0. The Bertz CT molecular complexity index is 856. The molecule has 0 aliphatic rings. The summed E-state index contributed by atoms with van der Waals surface area (Å²) < 4.78 is 1.46. The molecule has 0 aliphatic carbocycles. The molecule has 21 heavy (non-hydrogen) atoms. The lowest BCUT2D eigenvalue weighted by atomic mass is 10.2. The number of carboxylic acid groups (broad SMARTS) is 1. The lowest BCUT2D eigenvalue weighted by Crippen LogP contribution is -2.00. The van der Waals surface area contributed by atoms with E-state index in [4.69, 9.17) is 39.9 Å². The molecule has 0 saturated heterocycles. The van der Waals surface area contributed by atoms with Crippen molar-refractivity contribution in [3.05, 3.63) is 51.1 Å². The van der Waals surface area contributed by atoms with Crippen LogP contribution in [0.1, 0.15) is 10.4 Å². The first kappa shape index (κ1) is 14.1. The van der Waals surface area contributed by atoms with Crippen LogP contribution in [0.3, 0.4) is 0 Å². The van der Waals surface area contributed by atoms with Crippen LogP contribution in [0.2, 0.25) is 15.1 Å². The Kier molecular flexibility index (Phi) is 3.49. The van der Waals surface area contributed by atoms with Gasteiger partial charge in [-0.2, -0.15) is 0 Å². The van der Waals surface area contributed by atoms with Crippen molar-refractivity contribution < 1.29 is 9.90 Å². The van der Waals surface area contributed by atoms with Gasteiger partial charge in [0.05, 0.1) is 26.2 Å². The van der Waals surface area contributed by atoms with Gasteiger partial charge < -0.3 is 5.11 Å². The van der Waals surface area contributed by atoms with Crippen LogP contribution in [0, 0.1) is 0 Å². The quantitative estimate of drug-likeness (QED) is 0.763. The van der Waals surface area contributed by atoms with Crippen LogP contribution < -0.4 is 0 Å². The molecule has 0 radical (unpaired) electrons. The van der Waals surface area contributed by atoms with E-state index in [-0.39, 0.29) is 10.6 Å². The Morgan fingerprint density at radius 1 is 1.10 bits per heavy atom. The number of rotatable bonds is 2. The average Bonchev–Trinajstić information content (AvgIpc) is 2.83. The molecule has 2 heterocycles. The zero-order valence-corrected chi connectivity index (χ0v) is 12.5. The minimum Gasteiger partial charge on any atom is -0.478 e. The number of nitrogens with zero attached hydrogens (tertiary/aromatic N) is 3. The maximum Gasteiger partial charge on any atom is 0.337 e. The van der Waals surface area contributed by atoms with Gasteiger partial charge in [-0.05, 0) is 18.2 Å². The highest BCUT2D eigenvalue weighted by Crippen LogP contribution is 2.34. The standard InChI is InChI=1S/C13H6Cl3N3O2/c14-7-2-1-3-8(15)10(7)12-18-17-11-9(16)4-6(13(20)21)5-19(11)12/h1-5H,(H,20,21). The summed E-state index contributed by atoms with van der Waals surface area (Å²) in [6, 6.07) is 6.33. The fourth-order valence-electron chi connectivity index (χ4n) is 1.95. The van der Waals surface area contributed by atoms with Crippen LogP contribution in [-0.2, 0) is 0 Å². The molecule has 0 saturated carbocycles. The smallest absolute Gasteiger partial charge is 0.337 e. The van der Waals surface area contributed by atoms with E-state index in [9.17, 15) is 4.79 Å². The summed E-state index contributed by atoms with van der Waals surface area (Å²) in [6.45, 7) is 0. The van der Waals surface area contributed by atoms with Crippen molar-refractivity contribution in [1.29, 1.82) is 0 Å². The van der Waals surface area contributed by atoms with E-state index in [1.165, 1.54) is 16.7 Å². The molecule has 0 amide bonds. The normalized spacial score (nSPS) is 11.0. The minimum absolute atomic E-state index is 0.0109. The van der Waals surface area contributed by atoms with Gasteiger partial charge in [-0.25, -0.2) is 4.79 Å². The summed E-state index contributed by atoms with van der Waals surface area (Å²) in [6.07, 6.45) is 1.37. The van der Waals surface area contributed by atoms with E-state index < -0.39 is 5.97 Å². The second-order valence-corrected chi connectivity index (χ2v) is 5.42. The molecule has 3 aromatic rings. The Morgan fingerprint density at radius 2 is 1.76 bits per heavy atom. The number of benzene rings is 1. The van der Waals surface area contributed by atoms with Gasteiger partial charge in [0, 0.05) is 6.20 Å². The molecule has 2 aromatic heterocycles. The van der Waals surface area contributed by atoms with Crippen LogP contribution >= 0.6 is 34.8 Å². The van der Waals surface area contributed by atoms with E-state index in [0.717, 1.165) is 0 Å². The first-order valence-corrected chi connectivity index (χ1v) is 6.84. The number of aromatic nitrogens is 3. The molecule has 0 atom stereocenters. The lowest BCUT2D eigenvalue weighted by molar-refractivity contribution is 0.0696. The molecule has 1 N–H and O–H groups in total. The van der Waals surface area contributed by atoms with Crippen LogP contribution in [0.25, 0.3) is 17.0 Å². The van der Waals surface area contributed by atoms with Crippen LogP contribution in [0.5, 0.6) is 0 Å². The van der Waals surface area contributed by atoms with Crippen LogP contribution in [0.15, 0.2) is 30.5 Å². The highest BCUT2D eigenvalue weighted by atomic mass is 35.5. The molecule has 3 rings (SSSR count). The minimum atomic E-state index is -1.11. The summed E-state index contributed by atoms with van der Waals surface area (Å²) in [4.78, 5) is 11.1. The van der Waals surface area contributed by atoms with Crippen molar-refractivity contribution in [3.63, 3.8) is 0 Å². The second kappa shape index (κ2) is 5.18. The summed E-state index contributed by atoms with van der Waals surface area (Å²) >= 11 is 18.3. The average molecular weight is 343 g/mol. The molecule has 0 spiro atoms. The molecule has 0 aliphatic heterocycles. The Balaban J connectivity index is 2.37. The van der Waals surface area contributed by atoms with Crippen molar-refractivity contribution in [1.82, 2.24) is 14.6 Å².